The molecule has 5 nitrogen and oxygen atoms in total. The number of benzene rings is 1. The number of hydrogen-bond acceptors (Lipinski definition) is 4. The first-order chi connectivity index (χ1) is 11.0. The molecule has 0 aliphatic carbocycles. The Morgan fingerprint density at radius 2 is 1.92 bits per heavy atom. The maximum atomic E-state index is 13.4. The normalized spacial score (nSPS) is 20.5. The number of hydrogen-bond donors (Lipinski definition) is 0. The second-order valence-corrected chi connectivity index (χ2v) is 11.0. The third-order valence-corrected chi connectivity index (χ3v) is 8.57. The molecule has 1 heterocycles. The summed E-state index contributed by atoms with van der Waals surface area (Å²) >= 11 is 0. The van der Waals surface area contributed by atoms with E-state index in [0.29, 0.717) is 12.8 Å². The summed E-state index contributed by atoms with van der Waals surface area (Å²) < 4.78 is 65.0. The quantitative estimate of drug-likeness (QED) is 0.790. The Morgan fingerprint density at radius 1 is 1.25 bits per heavy atom. The van der Waals surface area contributed by atoms with E-state index in [9.17, 15) is 21.2 Å². The van der Waals surface area contributed by atoms with Crippen molar-refractivity contribution in [3.63, 3.8) is 0 Å². The maximum absolute atomic E-state index is 13.4. The lowest BCUT2D eigenvalue weighted by molar-refractivity contribution is 0.345. The highest BCUT2D eigenvalue weighted by atomic mass is 32.2. The lowest BCUT2D eigenvalue weighted by Crippen LogP contribution is -2.46. The number of aryl methyl sites for hydroxylation is 1. The minimum Gasteiger partial charge on any atom is -0.228 e. The van der Waals surface area contributed by atoms with Crippen LogP contribution in [0, 0.1) is 18.7 Å². The molecule has 24 heavy (non-hydrogen) atoms. The molecule has 1 atom stereocenters. The second-order valence-electron chi connectivity index (χ2n) is 6.76. The van der Waals surface area contributed by atoms with Gasteiger partial charge in [-0.05, 0) is 49.4 Å². The van der Waals surface area contributed by atoms with Crippen LogP contribution in [0.1, 0.15) is 32.3 Å². The van der Waals surface area contributed by atoms with Crippen molar-refractivity contribution in [2.45, 2.75) is 43.8 Å². The van der Waals surface area contributed by atoms with Crippen LogP contribution in [0.25, 0.3) is 0 Å². The minimum absolute atomic E-state index is 0.00160. The summed E-state index contributed by atoms with van der Waals surface area (Å²) in [4.78, 5) is 0.00306. The van der Waals surface area contributed by atoms with Gasteiger partial charge in [-0.3, -0.25) is 0 Å². The van der Waals surface area contributed by atoms with E-state index < -0.39 is 30.9 Å². The fourth-order valence-corrected chi connectivity index (χ4v) is 6.78. The fourth-order valence-electron chi connectivity index (χ4n) is 2.94. The average molecular weight is 378 g/mol. The molecule has 0 amide bonds. The van der Waals surface area contributed by atoms with Crippen molar-refractivity contribution >= 4 is 19.9 Å². The Labute approximate surface area is 143 Å². The first kappa shape index (κ1) is 19.3. The number of halogens is 1. The number of rotatable bonds is 5. The van der Waals surface area contributed by atoms with E-state index in [-0.39, 0.29) is 35.2 Å². The summed E-state index contributed by atoms with van der Waals surface area (Å²) in [5, 5.41) is -0.676. The topological polar surface area (TPSA) is 71.5 Å². The molecule has 136 valence electrons. The van der Waals surface area contributed by atoms with Crippen LogP contribution in [0.2, 0.25) is 0 Å². The zero-order valence-corrected chi connectivity index (χ0v) is 15.8. The van der Waals surface area contributed by atoms with Gasteiger partial charge in [0.1, 0.15) is 5.82 Å². The van der Waals surface area contributed by atoms with Gasteiger partial charge < -0.3 is 0 Å². The van der Waals surface area contributed by atoms with Crippen molar-refractivity contribution in [1.29, 1.82) is 0 Å². The molecule has 1 aliphatic heterocycles. The van der Waals surface area contributed by atoms with Gasteiger partial charge in [0.15, 0.2) is 9.84 Å². The summed E-state index contributed by atoms with van der Waals surface area (Å²) in [6, 6.07) is 3.64. The molecular formula is C16H24FNO4S2. The highest BCUT2D eigenvalue weighted by molar-refractivity contribution is 7.92. The summed E-state index contributed by atoms with van der Waals surface area (Å²) in [6.07, 6.45) is 0.977. The molecule has 8 heteroatoms. The first-order valence-electron chi connectivity index (χ1n) is 8.02. The summed E-state index contributed by atoms with van der Waals surface area (Å²) in [5.74, 6) is -0.409. The van der Waals surface area contributed by atoms with Gasteiger partial charge in [-0.2, -0.15) is 4.31 Å². The molecular weight excluding hydrogens is 353 g/mol. The fraction of sp³-hybridized carbons (Fsp3) is 0.625. The van der Waals surface area contributed by atoms with Crippen LogP contribution in [-0.4, -0.2) is 45.2 Å². The van der Waals surface area contributed by atoms with Crippen LogP contribution in [0.3, 0.4) is 0 Å². The van der Waals surface area contributed by atoms with Gasteiger partial charge >= 0.3 is 0 Å². The highest BCUT2D eigenvalue weighted by Crippen LogP contribution is 2.26. The van der Waals surface area contributed by atoms with Gasteiger partial charge in [-0.25, -0.2) is 21.2 Å². The smallest absolute Gasteiger partial charge is 0.228 e. The second kappa shape index (κ2) is 7.09. The molecule has 1 aromatic carbocycles. The maximum Gasteiger partial charge on any atom is 0.243 e. The SMILES string of the molecule is Cc1cc(S(=O)(=O)N2CCC[C@H](S(=O)(=O)CC(C)C)C2)ccc1F. The monoisotopic (exact) mass is 377 g/mol. The van der Waals surface area contributed by atoms with Crippen molar-refractivity contribution in [3.05, 3.63) is 29.6 Å². The number of sulfonamides is 1. The first-order valence-corrected chi connectivity index (χ1v) is 11.2. The predicted molar refractivity (Wildman–Crippen MR) is 91.5 cm³/mol. The molecule has 0 bridgehead atoms. The third-order valence-electron chi connectivity index (χ3n) is 4.18. The van der Waals surface area contributed by atoms with E-state index >= 15 is 0 Å². The standard InChI is InChI=1S/C16H24FNO4S2/c1-12(2)11-23(19,20)15-5-4-8-18(10-15)24(21,22)14-6-7-16(17)13(3)9-14/h6-7,9,12,15H,4-5,8,10-11H2,1-3H3/t15-/m0/s1. The van der Waals surface area contributed by atoms with Crippen molar-refractivity contribution in [2.24, 2.45) is 5.92 Å². The Kier molecular flexibility index (Phi) is 5.71. The Hall–Kier alpha value is -0.990. The van der Waals surface area contributed by atoms with Crippen molar-refractivity contribution in [2.75, 3.05) is 18.8 Å². The molecule has 0 N–H and O–H groups in total. The molecule has 0 unspecified atom stereocenters. The Bertz CT molecular complexity index is 803. The van der Waals surface area contributed by atoms with Gasteiger partial charge in [-0.1, -0.05) is 13.8 Å². The predicted octanol–water partition coefficient (Wildman–Crippen LogP) is 2.36. The lowest BCUT2D eigenvalue weighted by Gasteiger charge is -2.32. The van der Waals surface area contributed by atoms with Crippen LogP contribution in [0.4, 0.5) is 4.39 Å². The van der Waals surface area contributed by atoms with Crippen LogP contribution < -0.4 is 0 Å². The molecule has 1 aliphatic rings. The lowest BCUT2D eigenvalue weighted by atomic mass is 10.2. The molecule has 1 saturated heterocycles. The molecule has 0 spiro atoms. The molecule has 1 aromatic rings. The van der Waals surface area contributed by atoms with Gasteiger partial charge in [0.25, 0.3) is 0 Å². The van der Waals surface area contributed by atoms with E-state index in [0.717, 1.165) is 6.07 Å². The van der Waals surface area contributed by atoms with Crippen LogP contribution in [-0.2, 0) is 19.9 Å². The Morgan fingerprint density at radius 3 is 2.50 bits per heavy atom. The molecule has 1 fully saturated rings. The van der Waals surface area contributed by atoms with Gasteiger partial charge in [-0.15, -0.1) is 0 Å². The van der Waals surface area contributed by atoms with Crippen LogP contribution in [0.15, 0.2) is 23.1 Å². The summed E-state index contributed by atoms with van der Waals surface area (Å²) in [5.41, 5.74) is 0.247. The zero-order chi connectivity index (χ0) is 18.1. The van der Waals surface area contributed by atoms with Gasteiger partial charge in [0.2, 0.25) is 10.0 Å². The molecule has 0 radical (unpaired) electrons. The van der Waals surface area contributed by atoms with E-state index in [4.69, 9.17) is 0 Å². The summed E-state index contributed by atoms with van der Waals surface area (Å²) in [7, 11) is -7.16. The van der Waals surface area contributed by atoms with Gasteiger partial charge in [0, 0.05) is 13.1 Å². The number of piperidine rings is 1. The summed E-state index contributed by atoms with van der Waals surface area (Å²) in [6.45, 7) is 5.41. The largest absolute Gasteiger partial charge is 0.243 e. The van der Waals surface area contributed by atoms with E-state index in [1.807, 2.05) is 13.8 Å². The number of sulfone groups is 1. The van der Waals surface area contributed by atoms with E-state index in [1.54, 1.807) is 0 Å². The third kappa shape index (κ3) is 4.15. The van der Waals surface area contributed by atoms with Gasteiger partial charge in [0.05, 0.1) is 15.9 Å². The number of nitrogens with zero attached hydrogens (tertiary/aromatic N) is 1. The van der Waals surface area contributed by atoms with Crippen molar-refractivity contribution in [1.82, 2.24) is 4.31 Å². The highest BCUT2D eigenvalue weighted by Gasteiger charge is 2.36. The zero-order valence-electron chi connectivity index (χ0n) is 14.2. The average Bonchev–Trinajstić information content (AvgIpc) is 2.49. The molecule has 2 rings (SSSR count). The molecule has 0 saturated carbocycles. The van der Waals surface area contributed by atoms with Crippen molar-refractivity contribution in [3.8, 4) is 0 Å². The van der Waals surface area contributed by atoms with Crippen molar-refractivity contribution < 1.29 is 21.2 Å². The minimum atomic E-state index is -3.82. The van der Waals surface area contributed by atoms with E-state index in [1.165, 1.54) is 23.4 Å². The van der Waals surface area contributed by atoms with E-state index in [2.05, 4.69) is 0 Å². The van der Waals surface area contributed by atoms with Crippen LogP contribution in [0.5, 0.6) is 0 Å². The Balaban J connectivity index is 2.26. The van der Waals surface area contributed by atoms with Crippen LogP contribution >= 0.6 is 0 Å². The molecule has 0 aromatic heterocycles.